The monoisotopic (exact) mass is 953 g/mol. The number of benzene rings is 2. The predicted molar refractivity (Wildman–Crippen MR) is 272 cm³/mol. The van der Waals surface area contributed by atoms with E-state index in [1.165, 1.54) is 12.4 Å². The van der Waals surface area contributed by atoms with E-state index in [0.717, 1.165) is 98.3 Å². The Morgan fingerprint density at radius 3 is 1.42 bits per heavy atom. The molecule has 71 heavy (non-hydrogen) atoms. The number of H-pyrrole nitrogens is 4. The van der Waals surface area contributed by atoms with Gasteiger partial charge in [-0.3, -0.25) is 19.7 Å². The molecule has 0 aliphatic carbocycles. The molecule has 0 fully saturated rings. The Balaban J connectivity index is 0.895. The maximum Gasteiger partial charge on any atom is 0.267 e. The molecule has 1 aliphatic rings. The summed E-state index contributed by atoms with van der Waals surface area (Å²) < 4.78 is 33.5. The molecule has 8 bridgehead atoms. The third-order valence-electron chi connectivity index (χ3n) is 12.6. The number of aromatic nitrogens is 8. The zero-order chi connectivity index (χ0) is 48.3. The molecule has 11 rings (SSSR count). The number of hydrogen-bond donors (Lipinski definition) is 5. The lowest BCUT2D eigenvalue weighted by Gasteiger charge is -2.11. The molecule has 0 atom stereocenters. The second kappa shape index (κ2) is 19.2. The lowest BCUT2D eigenvalue weighted by Crippen LogP contribution is -2.27. The van der Waals surface area contributed by atoms with Gasteiger partial charge in [0.2, 0.25) is 5.91 Å². The van der Waals surface area contributed by atoms with Crippen molar-refractivity contribution in [3.05, 3.63) is 267 Å². The molecule has 0 radical (unpaired) electrons. The highest BCUT2D eigenvalue weighted by atomic mass is 32.2. The molecule has 5 N–H and O–H groups in total. The second-order valence-electron chi connectivity index (χ2n) is 17.3. The smallest absolute Gasteiger partial charge is 0.267 e. The van der Waals surface area contributed by atoms with Gasteiger partial charge in [-0.15, -0.1) is 0 Å². The maximum atomic E-state index is 13.1. The Labute approximate surface area is 408 Å². The number of nitrogens with one attached hydrogen (secondary N) is 5. The first kappa shape index (κ1) is 44.5. The first-order chi connectivity index (χ1) is 34.7. The number of ether oxygens (including phenoxy) is 1. The van der Waals surface area contributed by atoms with Gasteiger partial charge >= 0.3 is 0 Å². The van der Waals surface area contributed by atoms with Crippen LogP contribution in [-0.2, 0) is 21.2 Å². The van der Waals surface area contributed by atoms with Crippen LogP contribution in [0.3, 0.4) is 0 Å². The number of aryl methyl sites for hydroxylation is 1. The van der Waals surface area contributed by atoms with Crippen molar-refractivity contribution >= 4 is 38.2 Å². The fourth-order valence-corrected chi connectivity index (χ4v) is 10.3. The number of hydrogen-bond acceptors (Lipinski definition) is 7. The van der Waals surface area contributed by atoms with Gasteiger partial charge in [0.25, 0.3) is 10.0 Å². The van der Waals surface area contributed by atoms with Crippen LogP contribution in [0.2, 0.25) is 0 Å². The van der Waals surface area contributed by atoms with Crippen LogP contribution >= 0.6 is 0 Å². The summed E-state index contributed by atoms with van der Waals surface area (Å²) in [5, 5.41) is 6.63. The van der Waals surface area contributed by atoms with Crippen LogP contribution in [0.1, 0.15) is 62.6 Å². The van der Waals surface area contributed by atoms with Crippen LogP contribution in [0.15, 0.2) is 194 Å². The predicted octanol–water partition coefficient (Wildman–Crippen LogP) is 5.96. The first-order valence-corrected chi connectivity index (χ1v) is 24.7. The molecule has 1 aliphatic heterocycles. The average Bonchev–Trinajstić information content (AvgIpc) is 4.28. The third kappa shape index (κ3) is 9.19. The lowest BCUT2D eigenvalue weighted by atomic mass is 10.0. The van der Waals surface area contributed by atoms with Crippen molar-refractivity contribution in [2.45, 2.75) is 24.7 Å². The van der Waals surface area contributed by atoms with Crippen molar-refractivity contribution in [3.8, 4) is 5.75 Å². The van der Waals surface area contributed by atoms with Gasteiger partial charge in [-0.25, -0.2) is 12.4 Å². The fraction of sp³-hybridized carbons (Fsp3) is 0.0877. The van der Waals surface area contributed by atoms with Crippen LogP contribution in [-0.4, -0.2) is 66.3 Å². The van der Waals surface area contributed by atoms with E-state index >= 15 is 0 Å². The maximum absolute atomic E-state index is 13.1. The summed E-state index contributed by atoms with van der Waals surface area (Å²) in [6, 6.07) is 45.5. The molecule has 0 saturated heterocycles. The normalized spacial score (nSPS) is 12.6. The van der Waals surface area contributed by atoms with Crippen molar-refractivity contribution in [3.63, 3.8) is 0 Å². The minimum atomic E-state index is -3.75. The highest BCUT2D eigenvalue weighted by Crippen LogP contribution is 2.28. The topological polar surface area (TPSA) is 179 Å². The summed E-state index contributed by atoms with van der Waals surface area (Å²) in [7, 11) is -3.75. The zero-order valence-corrected chi connectivity index (χ0v) is 39.4. The molecule has 9 heterocycles. The van der Waals surface area contributed by atoms with E-state index in [1.54, 1.807) is 30.3 Å². The quantitative estimate of drug-likeness (QED) is 0.0886. The van der Waals surface area contributed by atoms with E-state index in [2.05, 4.69) is 101 Å². The number of fused-ring (bicyclic) bond motifs is 8. The minimum Gasteiger partial charge on any atom is -0.494 e. The molecular formula is C57H47N9O4S. The highest BCUT2D eigenvalue weighted by Gasteiger charge is 2.20. The molecule has 0 unspecified atom stereocenters. The van der Waals surface area contributed by atoms with E-state index in [0.29, 0.717) is 30.9 Å². The zero-order valence-electron chi connectivity index (χ0n) is 38.6. The van der Waals surface area contributed by atoms with Gasteiger partial charge in [-0.05, 0) is 156 Å². The van der Waals surface area contributed by atoms with Crippen molar-refractivity contribution in [1.82, 2.24) is 44.2 Å². The standard InChI is InChI=1S/C57H47N9O4S/c1-37-3-9-44(10-4-37)71(68,69)66-33-25-38(36-66)35-53(67)61-26-2-34-70-43-7-5-39(6-8-43)54-45-11-13-47(62-45)55(40-19-27-58-28-20-40)49-15-17-51(64-49)57(42-23-31-60-32-24-42)52-18-16-50(65-52)56(41-21-29-59-30-22-41)48-14-12-46(54)63-48/h3-25,27-33,36,62-65H,2,26,34-35H2,1H3,(H,61,67). The van der Waals surface area contributed by atoms with E-state index in [1.807, 2.05) is 92.6 Å². The number of aromatic amines is 4. The Morgan fingerprint density at radius 1 is 0.535 bits per heavy atom. The van der Waals surface area contributed by atoms with Gasteiger partial charge < -0.3 is 30.0 Å². The molecule has 10 aromatic rings. The summed E-state index contributed by atoms with van der Waals surface area (Å²) >= 11 is 0. The summed E-state index contributed by atoms with van der Waals surface area (Å²) in [4.78, 5) is 41.2. The van der Waals surface area contributed by atoms with Crippen LogP contribution in [0.25, 0.3) is 22.3 Å². The van der Waals surface area contributed by atoms with E-state index in [4.69, 9.17) is 4.74 Å². The molecule has 1 amide bonds. The average molecular weight is 954 g/mol. The third-order valence-corrected chi connectivity index (χ3v) is 14.2. The van der Waals surface area contributed by atoms with Gasteiger partial charge in [-0.1, -0.05) is 29.8 Å². The van der Waals surface area contributed by atoms with Crippen molar-refractivity contribution in [2.24, 2.45) is 0 Å². The second-order valence-corrected chi connectivity index (χ2v) is 19.1. The van der Waals surface area contributed by atoms with E-state index < -0.39 is 10.0 Å². The molecule has 2 aromatic carbocycles. The van der Waals surface area contributed by atoms with Crippen molar-refractivity contribution in [1.29, 1.82) is 0 Å². The summed E-state index contributed by atoms with van der Waals surface area (Å²) in [5.41, 5.74) is 13.2. The Morgan fingerprint density at radius 2 is 0.972 bits per heavy atom. The molecule has 0 saturated carbocycles. The van der Waals surface area contributed by atoms with Crippen LogP contribution in [0.5, 0.6) is 5.75 Å². The molecular weight excluding hydrogens is 907 g/mol. The summed E-state index contributed by atoms with van der Waals surface area (Å²) in [6.45, 7) is 2.68. The van der Waals surface area contributed by atoms with Crippen molar-refractivity contribution in [2.75, 3.05) is 13.2 Å². The van der Waals surface area contributed by atoms with Gasteiger partial charge in [-0.2, -0.15) is 0 Å². The van der Waals surface area contributed by atoms with Crippen LogP contribution in [0.4, 0.5) is 0 Å². The summed E-state index contributed by atoms with van der Waals surface area (Å²) in [5.74, 6) is 0.491. The largest absolute Gasteiger partial charge is 0.494 e. The molecule has 350 valence electrons. The van der Waals surface area contributed by atoms with E-state index in [-0.39, 0.29) is 17.2 Å². The minimum absolute atomic E-state index is 0.0563. The highest BCUT2D eigenvalue weighted by molar-refractivity contribution is 7.90. The Bertz CT molecular complexity index is 3910. The van der Waals surface area contributed by atoms with E-state index in [9.17, 15) is 13.2 Å². The number of pyridine rings is 3. The van der Waals surface area contributed by atoms with Gasteiger partial charge in [0.05, 0.1) is 17.9 Å². The number of amides is 1. The number of rotatable bonds is 13. The lowest BCUT2D eigenvalue weighted by molar-refractivity contribution is -0.120. The molecule has 8 aromatic heterocycles. The Hall–Kier alpha value is -9.01. The number of nitrogens with zero attached hydrogens (tertiary/aromatic N) is 4. The van der Waals surface area contributed by atoms with Gasteiger partial charge in [0, 0.05) is 123 Å². The molecule has 13 nitrogen and oxygen atoms in total. The SMILES string of the molecule is Cc1ccc(S(=O)(=O)n2ccc(CC(=O)NCCCOc3ccc(C4=c5ccc([nH]5)=C(c5ccncc5)c5ccc([nH]5)C(c5ccncc5)=c5ccc([nH]5)=C(c5ccncc5)c5ccc4[nH]5)cc3)c2)cc1. The molecule has 14 heteroatoms. The first-order valence-electron chi connectivity index (χ1n) is 23.2. The number of carbonyl (C=O) groups is 1. The summed E-state index contributed by atoms with van der Waals surface area (Å²) in [6.07, 6.45) is 14.5. The molecule has 0 spiro atoms. The van der Waals surface area contributed by atoms with Gasteiger partial charge in [0.1, 0.15) is 5.75 Å². The van der Waals surface area contributed by atoms with Crippen molar-refractivity contribution < 1.29 is 17.9 Å². The van der Waals surface area contributed by atoms with Crippen LogP contribution < -0.4 is 31.5 Å². The van der Waals surface area contributed by atoms with Gasteiger partial charge in [0.15, 0.2) is 0 Å². The Kier molecular flexibility index (Phi) is 12.0. The van der Waals surface area contributed by atoms with Crippen LogP contribution in [0, 0.1) is 6.92 Å². The fourth-order valence-electron chi connectivity index (χ4n) is 9.09. The number of carbonyl (C=O) groups excluding carboxylic acids is 1.